The number of hydrogen-bond acceptors (Lipinski definition) is 4. The van der Waals surface area contributed by atoms with Crippen molar-refractivity contribution in [3.63, 3.8) is 0 Å². The van der Waals surface area contributed by atoms with Crippen molar-refractivity contribution < 1.29 is 0 Å². The molecule has 0 aromatic carbocycles. The molecule has 0 spiro atoms. The number of nitrogens with one attached hydrogen (secondary N) is 2. The maximum absolute atomic E-state index is 4.35. The molecule has 1 rings (SSSR count). The third-order valence-corrected chi connectivity index (χ3v) is 2.48. The number of anilines is 2. The van der Waals surface area contributed by atoms with Crippen LogP contribution in [0.2, 0.25) is 0 Å². The van der Waals surface area contributed by atoms with Gasteiger partial charge in [-0.3, -0.25) is 0 Å². The molecule has 0 aliphatic rings. The van der Waals surface area contributed by atoms with Gasteiger partial charge in [0.25, 0.3) is 0 Å². The van der Waals surface area contributed by atoms with Gasteiger partial charge in [-0.05, 0) is 11.3 Å². The summed E-state index contributed by atoms with van der Waals surface area (Å²) >= 11 is 0. The van der Waals surface area contributed by atoms with Gasteiger partial charge in [0.2, 0.25) is 0 Å². The Morgan fingerprint density at radius 2 is 1.76 bits per heavy atom. The van der Waals surface area contributed by atoms with Gasteiger partial charge in [0.05, 0.1) is 0 Å². The third-order valence-electron chi connectivity index (χ3n) is 2.48. The van der Waals surface area contributed by atoms with Gasteiger partial charge in [-0.25, -0.2) is 9.97 Å². The van der Waals surface area contributed by atoms with Crippen LogP contribution in [0.4, 0.5) is 11.6 Å². The van der Waals surface area contributed by atoms with E-state index < -0.39 is 0 Å². The van der Waals surface area contributed by atoms with Crippen LogP contribution in [-0.2, 0) is 0 Å². The van der Waals surface area contributed by atoms with E-state index in [0.29, 0.717) is 5.92 Å². The number of hydrogen-bond donors (Lipinski definition) is 2. The van der Waals surface area contributed by atoms with Crippen LogP contribution in [0.15, 0.2) is 6.33 Å². The van der Waals surface area contributed by atoms with Crippen LogP contribution in [0.5, 0.6) is 0 Å². The van der Waals surface area contributed by atoms with Crippen molar-refractivity contribution in [3.05, 3.63) is 11.9 Å². The highest BCUT2D eigenvalue weighted by molar-refractivity contribution is 5.58. The van der Waals surface area contributed by atoms with Crippen LogP contribution >= 0.6 is 0 Å². The van der Waals surface area contributed by atoms with Crippen molar-refractivity contribution in [1.82, 2.24) is 9.97 Å². The Morgan fingerprint density at radius 1 is 1.18 bits per heavy atom. The Bertz CT molecular complexity index is 366. The first-order valence-corrected chi connectivity index (χ1v) is 6.11. The lowest BCUT2D eigenvalue weighted by atomic mass is 9.96. The van der Waals surface area contributed by atoms with Gasteiger partial charge in [0.1, 0.15) is 18.0 Å². The normalized spacial score (nSPS) is 11.7. The Morgan fingerprint density at radius 3 is 2.24 bits per heavy atom. The van der Waals surface area contributed by atoms with Gasteiger partial charge in [-0.15, -0.1) is 0 Å². The number of nitrogens with zero attached hydrogens (tertiary/aromatic N) is 2. The van der Waals surface area contributed by atoms with Crippen LogP contribution in [0, 0.1) is 5.41 Å². The molecule has 1 heterocycles. The van der Waals surface area contributed by atoms with Crippen molar-refractivity contribution in [2.75, 3.05) is 24.2 Å². The predicted octanol–water partition coefficient (Wildman–Crippen LogP) is 3.10. The molecule has 0 aliphatic carbocycles. The number of rotatable bonds is 4. The van der Waals surface area contributed by atoms with Crippen molar-refractivity contribution in [1.29, 1.82) is 0 Å². The van der Waals surface area contributed by atoms with Gasteiger partial charge in [0.15, 0.2) is 0 Å². The fourth-order valence-electron chi connectivity index (χ4n) is 1.63. The highest BCUT2D eigenvalue weighted by Gasteiger charge is 2.16. The lowest BCUT2D eigenvalue weighted by Gasteiger charge is -2.22. The van der Waals surface area contributed by atoms with E-state index in [4.69, 9.17) is 0 Å². The molecule has 0 aliphatic heterocycles. The first-order chi connectivity index (χ1) is 7.85. The smallest absolute Gasteiger partial charge is 0.135 e. The topological polar surface area (TPSA) is 49.8 Å². The summed E-state index contributed by atoms with van der Waals surface area (Å²) in [6, 6.07) is 0. The molecule has 0 saturated heterocycles. The van der Waals surface area contributed by atoms with E-state index in [1.54, 1.807) is 6.33 Å². The molecule has 0 radical (unpaired) electrons. The summed E-state index contributed by atoms with van der Waals surface area (Å²) in [5.74, 6) is 2.24. The average Bonchev–Trinajstić information content (AvgIpc) is 2.24. The van der Waals surface area contributed by atoms with Crippen LogP contribution in [-0.4, -0.2) is 23.6 Å². The zero-order valence-electron chi connectivity index (χ0n) is 11.8. The fourth-order valence-corrected chi connectivity index (χ4v) is 1.63. The van der Waals surface area contributed by atoms with E-state index in [0.717, 1.165) is 23.7 Å². The summed E-state index contributed by atoms with van der Waals surface area (Å²) in [5, 5.41) is 6.54. The average molecular weight is 236 g/mol. The maximum atomic E-state index is 4.35. The van der Waals surface area contributed by atoms with E-state index in [1.165, 1.54) is 0 Å². The van der Waals surface area contributed by atoms with Crippen LogP contribution in [0.1, 0.15) is 46.1 Å². The highest BCUT2D eigenvalue weighted by atomic mass is 15.1. The largest absolute Gasteiger partial charge is 0.373 e. The molecular formula is C13H24N4. The summed E-state index contributed by atoms with van der Waals surface area (Å²) < 4.78 is 0. The maximum Gasteiger partial charge on any atom is 0.135 e. The Hall–Kier alpha value is -1.32. The fraction of sp³-hybridized carbons (Fsp3) is 0.692. The zero-order valence-corrected chi connectivity index (χ0v) is 11.8. The Kier molecular flexibility index (Phi) is 4.32. The van der Waals surface area contributed by atoms with Crippen molar-refractivity contribution in [3.8, 4) is 0 Å². The zero-order chi connectivity index (χ0) is 13.1. The van der Waals surface area contributed by atoms with E-state index >= 15 is 0 Å². The quantitative estimate of drug-likeness (QED) is 0.843. The first-order valence-electron chi connectivity index (χ1n) is 6.11. The van der Waals surface area contributed by atoms with E-state index in [-0.39, 0.29) is 5.41 Å². The number of aromatic nitrogens is 2. The molecule has 96 valence electrons. The predicted molar refractivity (Wildman–Crippen MR) is 73.6 cm³/mol. The second-order valence-corrected chi connectivity index (χ2v) is 5.80. The molecule has 0 amide bonds. The van der Waals surface area contributed by atoms with Gasteiger partial charge < -0.3 is 10.6 Å². The Labute approximate surface area is 104 Å². The molecule has 0 atom stereocenters. The lowest BCUT2D eigenvalue weighted by Crippen LogP contribution is -2.21. The molecule has 0 bridgehead atoms. The minimum Gasteiger partial charge on any atom is -0.373 e. The van der Waals surface area contributed by atoms with Crippen LogP contribution < -0.4 is 10.6 Å². The van der Waals surface area contributed by atoms with Crippen molar-refractivity contribution in [2.24, 2.45) is 5.41 Å². The molecule has 0 fully saturated rings. The highest BCUT2D eigenvalue weighted by Crippen LogP contribution is 2.28. The van der Waals surface area contributed by atoms with Gasteiger partial charge in [-0.1, -0.05) is 34.6 Å². The molecule has 17 heavy (non-hydrogen) atoms. The molecule has 2 N–H and O–H groups in total. The third kappa shape index (κ3) is 3.88. The van der Waals surface area contributed by atoms with E-state index in [9.17, 15) is 0 Å². The van der Waals surface area contributed by atoms with Crippen LogP contribution in [0.25, 0.3) is 0 Å². The molecule has 4 nitrogen and oxygen atoms in total. The van der Waals surface area contributed by atoms with Crippen LogP contribution in [0.3, 0.4) is 0 Å². The summed E-state index contributed by atoms with van der Waals surface area (Å²) in [5.41, 5.74) is 1.39. The molecular weight excluding hydrogens is 212 g/mol. The summed E-state index contributed by atoms with van der Waals surface area (Å²) in [7, 11) is 1.89. The summed E-state index contributed by atoms with van der Waals surface area (Å²) in [4.78, 5) is 8.61. The first kappa shape index (κ1) is 13.7. The molecule has 1 aromatic rings. The van der Waals surface area contributed by atoms with Gasteiger partial charge in [0, 0.05) is 19.2 Å². The van der Waals surface area contributed by atoms with Crippen molar-refractivity contribution >= 4 is 11.6 Å². The lowest BCUT2D eigenvalue weighted by molar-refractivity contribution is 0.442. The minimum absolute atomic E-state index is 0.235. The van der Waals surface area contributed by atoms with Gasteiger partial charge in [-0.2, -0.15) is 0 Å². The molecule has 0 saturated carbocycles. The standard InChI is InChI=1S/C13H24N4/c1-9(2)10-11(14-6)16-8-17-12(10)15-7-13(3,4)5/h8-9H,7H2,1-6H3,(H2,14,15,16,17). The van der Waals surface area contributed by atoms with E-state index in [2.05, 4.69) is 55.2 Å². The molecule has 0 unspecified atom stereocenters. The van der Waals surface area contributed by atoms with Gasteiger partial charge >= 0.3 is 0 Å². The Balaban J connectivity index is 2.98. The molecule has 4 heteroatoms. The summed E-state index contributed by atoms with van der Waals surface area (Å²) in [6.07, 6.45) is 1.60. The van der Waals surface area contributed by atoms with E-state index in [1.807, 2.05) is 7.05 Å². The minimum atomic E-state index is 0.235. The second kappa shape index (κ2) is 5.34. The van der Waals surface area contributed by atoms with Crippen molar-refractivity contribution in [2.45, 2.75) is 40.5 Å². The summed E-state index contributed by atoms with van der Waals surface area (Å²) in [6.45, 7) is 11.8. The molecule has 1 aromatic heterocycles. The SMILES string of the molecule is CNc1ncnc(NCC(C)(C)C)c1C(C)C. The second-order valence-electron chi connectivity index (χ2n) is 5.80. The monoisotopic (exact) mass is 236 g/mol.